The third-order valence-corrected chi connectivity index (χ3v) is 4.11. The van der Waals surface area contributed by atoms with Gasteiger partial charge in [0.2, 0.25) is 5.91 Å². The van der Waals surface area contributed by atoms with Gasteiger partial charge in [-0.05, 0) is 38.0 Å². The zero-order valence-corrected chi connectivity index (χ0v) is 15.5. The van der Waals surface area contributed by atoms with E-state index in [2.05, 4.69) is 10.4 Å². The molecule has 0 unspecified atom stereocenters. The predicted molar refractivity (Wildman–Crippen MR) is 101 cm³/mol. The highest BCUT2D eigenvalue weighted by Gasteiger charge is 2.23. The lowest BCUT2D eigenvalue weighted by atomic mass is 10.1. The summed E-state index contributed by atoms with van der Waals surface area (Å²) in [6.07, 6.45) is 1.50. The molecule has 0 saturated carbocycles. The number of aromatic nitrogens is 2. The van der Waals surface area contributed by atoms with Crippen molar-refractivity contribution in [1.82, 2.24) is 9.78 Å². The highest BCUT2D eigenvalue weighted by atomic mass is 19.1. The van der Waals surface area contributed by atoms with Gasteiger partial charge in [-0.15, -0.1) is 0 Å². The van der Waals surface area contributed by atoms with Crippen LogP contribution >= 0.6 is 0 Å². The molecule has 0 atom stereocenters. The number of rotatable bonds is 4. The highest BCUT2D eigenvalue weighted by Crippen LogP contribution is 2.31. The van der Waals surface area contributed by atoms with E-state index in [-0.39, 0.29) is 17.5 Å². The maximum atomic E-state index is 13.9. The molecule has 1 heterocycles. The second-order valence-corrected chi connectivity index (χ2v) is 7.32. The molecule has 0 aliphatic carbocycles. The third kappa shape index (κ3) is 4.22. The van der Waals surface area contributed by atoms with E-state index in [4.69, 9.17) is 0 Å². The number of amides is 1. The summed E-state index contributed by atoms with van der Waals surface area (Å²) in [4.78, 5) is 12.6. The average Bonchev–Trinajstić information content (AvgIpc) is 3.02. The fraction of sp³-hybridized carbons (Fsp3) is 0.238. The summed E-state index contributed by atoms with van der Waals surface area (Å²) in [5.41, 5.74) is 1.46. The van der Waals surface area contributed by atoms with E-state index in [1.54, 1.807) is 10.9 Å². The maximum Gasteiger partial charge on any atom is 0.230 e. The van der Waals surface area contributed by atoms with Gasteiger partial charge in [0.05, 0.1) is 18.2 Å². The van der Waals surface area contributed by atoms with Crippen LogP contribution in [0.15, 0.2) is 54.7 Å². The van der Waals surface area contributed by atoms with Crippen LogP contribution in [0.5, 0.6) is 0 Å². The van der Waals surface area contributed by atoms with Gasteiger partial charge in [-0.1, -0.05) is 36.4 Å². The fourth-order valence-electron chi connectivity index (χ4n) is 2.82. The molecule has 3 rings (SSSR count). The highest BCUT2D eigenvalue weighted by molar-refractivity contribution is 5.95. The predicted octanol–water partition coefficient (Wildman–Crippen LogP) is 4.76. The minimum Gasteiger partial charge on any atom is -0.310 e. The Morgan fingerprint density at radius 3 is 2.44 bits per heavy atom. The molecule has 1 amide bonds. The van der Waals surface area contributed by atoms with Crippen molar-refractivity contribution < 1.29 is 13.6 Å². The molecular formula is C21H21F2N3O. The van der Waals surface area contributed by atoms with Crippen LogP contribution in [-0.4, -0.2) is 15.7 Å². The summed E-state index contributed by atoms with van der Waals surface area (Å²) >= 11 is 0. The van der Waals surface area contributed by atoms with Gasteiger partial charge < -0.3 is 5.32 Å². The third-order valence-electron chi connectivity index (χ3n) is 4.11. The van der Waals surface area contributed by atoms with E-state index < -0.39 is 17.5 Å². The van der Waals surface area contributed by atoms with Crippen molar-refractivity contribution in [2.24, 2.45) is 0 Å². The van der Waals surface area contributed by atoms with Gasteiger partial charge in [-0.25, -0.2) is 13.5 Å². The first-order chi connectivity index (χ1) is 12.8. The zero-order chi connectivity index (χ0) is 19.6. The normalized spacial score (nSPS) is 11.4. The Kier molecular flexibility index (Phi) is 5.08. The molecule has 0 spiro atoms. The smallest absolute Gasteiger partial charge is 0.230 e. The van der Waals surface area contributed by atoms with Crippen molar-refractivity contribution in [2.75, 3.05) is 5.32 Å². The Morgan fingerprint density at radius 1 is 1.11 bits per heavy atom. The van der Waals surface area contributed by atoms with Gasteiger partial charge in [0.15, 0.2) is 0 Å². The molecule has 1 N–H and O–H groups in total. The number of carbonyl (C=O) groups excluding carboxylic acids is 1. The van der Waals surface area contributed by atoms with Crippen molar-refractivity contribution in [3.05, 3.63) is 71.9 Å². The molecule has 4 nitrogen and oxygen atoms in total. The summed E-state index contributed by atoms with van der Waals surface area (Å²) in [6.45, 7) is 5.93. The quantitative estimate of drug-likeness (QED) is 0.720. The van der Waals surface area contributed by atoms with Crippen LogP contribution in [0.3, 0.4) is 0 Å². The molecule has 1 aromatic heterocycles. The zero-order valence-electron chi connectivity index (χ0n) is 15.5. The van der Waals surface area contributed by atoms with E-state index in [1.807, 2.05) is 51.1 Å². The second kappa shape index (κ2) is 7.31. The summed E-state index contributed by atoms with van der Waals surface area (Å²) in [6, 6.07) is 12.8. The van der Waals surface area contributed by atoms with Crippen LogP contribution in [0.1, 0.15) is 26.3 Å². The first-order valence-electron chi connectivity index (χ1n) is 8.63. The minimum atomic E-state index is -0.738. The number of nitrogens with zero attached hydrogens (tertiary/aromatic N) is 2. The molecule has 140 valence electrons. The monoisotopic (exact) mass is 369 g/mol. The minimum absolute atomic E-state index is 0.136. The first kappa shape index (κ1) is 18.8. The lowest BCUT2D eigenvalue weighted by Gasteiger charge is -2.23. The van der Waals surface area contributed by atoms with Crippen molar-refractivity contribution in [2.45, 2.75) is 32.7 Å². The second-order valence-electron chi connectivity index (χ2n) is 7.32. The number of anilines is 1. The number of nitrogens with one attached hydrogen (secondary N) is 1. The number of hydrogen-bond acceptors (Lipinski definition) is 2. The largest absolute Gasteiger partial charge is 0.310 e. The molecule has 2 aromatic carbocycles. The van der Waals surface area contributed by atoms with Gasteiger partial charge in [0.1, 0.15) is 17.5 Å². The molecule has 6 heteroatoms. The maximum absolute atomic E-state index is 13.9. The van der Waals surface area contributed by atoms with Crippen molar-refractivity contribution in [1.29, 1.82) is 0 Å². The van der Waals surface area contributed by atoms with Crippen LogP contribution in [0.25, 0.3) is 11.1 Å². The summed E-state index contributed by atoms with van der Waals surface area (Å²) in [5, 5.41) is 7.29. The molecule has 0 saturated heterocycles. The molecule has 27 heavy (non-hydrogen) atoms. The van der Waals surface area contributed by atoms with E-state index in [1.165, 1.54) is 6.07 Å². The van der Waals surface area contributed by atoms with Gasteiger partial charge in [0, 0.05) is 11.6 Å². The Hall–Kier alpha value is -3.02. The van der Waals surface area contributed by atoms with Gasteiger partial charge in [-0.2, -0.15) is 5.10 Å². The topological polar surface area (TPSA) is 46.9 Å². The molecule has 0 aliphatic heterocycles. The van der Waals surface area contributed by atoms with E-state index in [9.17, 15) is 13.6 Å². The van der Waals surface area contributed by atoms with Crippen LogP contribution in [0, 0.1) is 11.6 Å². The SMILES string of the molecule is CC(C)(C)n1ncc(-c2ccccc2)c1NC(=O)Cc1ccc(F)cc1F. The van der Waals surface area contributed by atoms with E-state index >= 15 is 0 Å². The molecule has 0 aliphatic rings. The van der Waals surface area contributed by atoms with Crippen molar-refractivity contribution in [3.8, 4) is 11.1 Å². The number of halogens is 2. The molecule has 0 fully saturated rings. The number of hydrogen-bond donors (Lipinski definition) is 1. The van der Waals surface area contributed by atoms with Crippen LogP contribution in [0.2, 0.25) is 0 Å². The van der Waals surface area contributed by atoms with E-state index in [0.29, 0.717) is 5.82 Å². The average molecular weight is 369 g/mol. The van der Waals surface area contributed by atoms with Gasteiger partial charge in [-0.3, -0.25) is 4.79 Å². The summed E-state index contributed by atoms with van der Waals surface area (Å²) in [5.74, 6) is -1.27. The van der Waals surface area contributed by atoms with Crippen molar-refractivity contribution in [3.63, 3.8) is 0 Å². The Labute approximate surface area is 156 Å². The Balaban J connectivity index is 1.92. The van der Waals surface area contributed by atoms with Crippen LogP contribution in [0.4, 0.5) is 14.6 Å². The number of carbonyl (C=O) groups is 1. The summed E-state index contributed by atoms with van der Waals surface area (Å²) in [7, 11) is 0. The van der Waals surface area contributed by atoms with Gasteiger partial charge in [0.25, 0.3) is 0 Å². The summed E-state index contributed by atoms with van der Waals surface area (Å²) < 4.78 is 28.7. The first-order valence-corrected chi connectivity index (χ1v) is 8.63. The lowest BCUT2D eigenvalue weighted by molar-refractivity contribution is -0.115. The van der Waals surface area contributed by atoms with Gasteiger partial charge >= 0.3 is 0 Å². The molecule has 0 bridgehead atoms. The van der Waals surface area contributed by atoms with Crippen molar-refractivity contribution >= 4 is 11.7 Å². The van der Waals surface area contributed by atoms with Crippen LogP contribution < -0.4 is 5.32 Å². The molecular weight excluding hydrogens is 348 g/mol. The Morgan fingerprint density at radius 2 is 1.81 bits per heavy atom. The van der Waals surface area contributed by atoms with E-state index in [0.717, 1.165) is 23.3 Å². The molecule has 3 aromatic rings. The Bertz CT molecular complexity index is 959. The lowest BCUT2D eigenvalue weighted by Crippen LogP contribution is -2.27. The fourth-order valence-corrected chi connectivity index (χ4v) is 2.82. The molecule has 0 radical (unpaired) electrons. The van der Waals surface area contributed by atoms with Crippen LogP contribution in [-0.2, 0) is 16.8 Å². The standard InChI is InChI=1S/C21H21F2N3O/c1-21(2,3)26-20(17(13-24-26)14-7-5-4-6-8-14)25-19(27)11-15-9-10-16(22)12-18(15)23/h4-10,12-13H,11H2,1-3H3,(H,25,27). The number of benzene rings is 2.